The molecule has 1 aromatic rings. The van der Waals surface area contributed by atoms with Crippen molar-refractivity contribution in [1.82, 2.24) is 0 Å². The van der Waals surface area contributed by atoms with E-state index >= 15 is 0 Å². The van der Waals surface area contributed by atoms with E-state index in [1.54, 1.807) is 0 Å². The summed E-state index contributed by atoms with van der Waals surface area (Å²) in [6, 6.07) is 0.668. The van der Waals surface area contributed by atoms with Gasteiger partial charge in [-0.05, 0) is 0 Å². The number of benzene rings is 1. The molecule has 8 nitrogen and oxygen atoms in total. The molecule has 1 unspecified atom stereocenters. The number of anilines is 1. The summed E-state index contributed by atoms with van der Waals surface area (Å²) in [5, 5.41) is 30.5. The third kappa shape index (κ3) is 2.61. The molecule has 99 valence electrons. The topological polar surface area (TPSA) is 136 Å². The predicted molar refractivity (Wildman–Crippen MR) is 60.5 cm³/mol. The van der Waals surface area contributed by atoms with Crippen molar-refractivity contribution in [3.8, 4) is 17.2 Å². The summed E-state index contributed by atoms with van der Waals surface area (Å²) in [7, 11) is 2.79. The van der Waals surface area contributed by atoms with Crippen LogP contribution in [0.15, 0.2) is 6.07 Å². The number of aromatic hydroxyl groups is 3. The molecule has 1 radical (unpaired) electrons. The van der Waals surface area contributed by atoms with Crippen LogP contribution in [-0.4, -0.2) is 39.5 Å². The number of carbonyl (C=O) groups is 1. The SMILES string of the molecule is [CH2]O[As](=O)(O)c1cc(O)c(O)c(NC(C)=O)c1O. The van der Waals surface area contributed by atoms with Gasteiger partial charge in [0.1, 0.15) is 0 Å². The maximum absolute atomic E-state index is 11.6. The first-order valence-electron chi connectivity index (χ1n) is 4.53. The molecule has 18 heavy (non-hydrogen) atoms. The van der Waals surface area contributed by atoms with Crippen LogP contribution < -0.4 is 9.67 Å². The van der Waals surface area contributed by atoms with Crippen molar-refractivity contribution in [3.05, 3.63) is 13.2 Å². The van der Waals surface area contributed by atoms with Gasteiger partial charge >= 0.3 is 104 Å². The van der Waals surface area contributed by atoms with Crippen molar-refractivity contribution in [3.63, 3.8) is 0 Å². The number of hydrogen-bond donors (Lipinski definition) is 5. The van der Waals surface area contributed by atoms with Crippen LogP contribution in [0.5, 0.6) is 17.2 Å². The van der Waals surface area contributed by atoms with Gasteiger partial charge in [-0.1, -0.05) is 0 Å². The van der Waals surface area contributed by atoms with Crippen molar-refractivity contribution < 1.29 is 31.7 Å². The van der Waals surface area contributed by atoms with E-state index in [2.05, 4.69) is 10.8 Å². The Labute approximate surface area is 105 Å². The summed E-state index contributed by atoms with van der Waals surface area (Å²) >= 11 is -5.13. The number of carbonyl (C=O) groups excluding carboxylic acids is 1. The van der Waals surface area contributed by atoms with Crippen LogP contribution in [-0.2, 0) is 12.3 Å². The number of hydrogen-bond acceptors (Lipinski definition) is 6. The number of phenols is 3. The third-order valence-electron chi connectivity index (χ3n) is 2.01. The minimum atomic E-state index is -5.13. The first-order valence-corrected chi connectivity index (χ1v) is 7.84. The van der Waals surface area contributed by atoms with Crippen LogP contribution in [0.4, 0.5) is 5.69 Å². The molecule has 0 saturated carbocycles. The molecule has 0 saturated heterocycles. The van der Waals surface area contributed by atoms with E-state index in [1.807, 2.05) is 5.32 Å². The molecule has 1 rings (SSSR count). The first-order chi connectivity index (χ1) is 8.20. The fraction of sp³-hybridized carbons (Fsp3) is 0.111. The van der Waals surface area contributed by atoms with E-state index in [-0.39, 0.29) is 0 Å². The fourth-order valence-electron chi connectivity index (χ4n) is 1.21. The van der Waals surface area contributed by atoms with Crippen molar-refractivity contribution in [2.24, 2.45) is 0 Å². The second-order valence-corrected chi connectivity index (χ2v) is 7.05. The molecular weight excluding hydrogens is 309 g/mol. The number of phenolic OH excluding ortho intramolecular Hbond substituents is 3. The van der Waals surface area contributed by atoms with Gasteiger partial charge in [-0.25, -0.2) is 0 Å². The van der Waals surface area contributed by atoms with Crippen LogP contribution >= 0.6 is 0 Å². The van der Waals surface area contributed by atoms with E-state index in [1.165, 1.54) is 0 Å². The van der Waals surface area contributed by atoms with Gasteiger partial charge in [-0.3, -0.25) is 0 Å². The molecule has 0 fully saturated rings. The monoisotopic (exact) mass is 320 g/mol. The normalized spacial score (nSPS) is 13.9. The Morgan fingerprint density at radius 3 is 2.39 bits per heavy atom. The Kier molecular flexibility index (Phi) is 3.95. The predicted octanol–water partition coefficient (Wildman–Crippen LogP) is -0.861. The first kappa shape index (κ1) is 14.4. The van der Waals surface area contributed by atoms with Crippen LogP contribution in [0.3, 0.4) is 0 Å². The zero-order valence-electron chi connectivity index (χ0n) is 9.25. The second-order valence-electron chi connectivity index (χ2n) is 3.32. The Morgan fingerprint density at radius 1 is 1.39 bits per heavy atom. The van der Waals surface area contributed by atoms with Gasteiger partial charge in [0.2, 0.25) is 0 Å². The van der Waals surface area contributed by atoms with Gasteiger partial charge in [0.15, 0.2) is 0 Å². The molecule has 0 spiro atoms. The van der Waals surface area contributed by atoms with Crippen molar-refractivity contribution in [2.45, 2.75) is 6.92 Å². The molecule has 0 heterocycles. The third-order valence-corrected chi connectivity index (χ3v) is 4.74. The summed E-state index contributed by atoms with van der Waals surface area (Å²) in [5.74, 6) is -3.15. The Morgan fingerprint density at radius 2 is 1.94 bits per heavy atom. The van der Waals surface area contributed by atoms with Crippen LogP contribution in [0.25, 0.3) is 0 Å². The molecule has 9 heteroatoms. The molecule has 0 aliphatic heterocycles. The van der Waals surface area contributed by atoms with Crippen LogP contribution in [0.2, 0.25) is 0 Å². The molecule has 5 N–H and O–H groups in total. The average Bonchev–Trinajstić information content (AvgIpc) is 2.28. The molecule has 1 aromatic carbocycles. The van der Waals surface area contributed by atoms with Crippen molar-refractivity contribution >= 4 is 30.1 Å². The minimum absolute atomic E-state index is 0.578. The van der Waals surface area contributed by atoms with Crippen molar-refractivity contribution in [1.29, 1.82) is 0 Å². The van der Waals surface area contributed by atoms with Gasteiger partial charge in [0.05, 0.1) is 0 Å². The molecule has 0 aliphatic rings. The summed E-state index contributed by atoms with van der Waals surface area (Å²) in [6.45, 7) is 1.09. The summed E-state index contributed by atoms with van der Waals surface area (Å²) in [4.78, 5) is 10.9. The van der Waals surface area contributed by atoms with E-state index in [9.17, 15) is 27.9 Å². The molecule has 1 amide bonds. The Balaban J connectivity index is 3.54. The molecule has 0 aromatic heterocycles. The number of amides is 1. The second kappa shape index (κ2) is 4.93. The van der Waals surface area contributed by atoms with E-state index in [4.69, 9.17) is 0 Å². The van der Waals surface area contributed by atoms with Crippen LogP contribution in [0, 0.1) is 7.11 Å². The molecule has 0 aliphatic carbocycles. The molecular formula is C9H11AsNO7. The molecule has 0 bridgehead atoms. The average molecular weight is 320 g/mol. The van der Waals surface area contributed by atoms with Gasteiger partial charge in [0.25, 0.3) is 0 Å². The van der Waals surface area contributed by atoms with Gasteiger partial charge in [0, 0.05) is 0 Å². The Hall–Kier alpha value is -1.63. The van der Waals surface area contributed by atoms with E-state index in [0.717, 1.165) is 6.92 Å². The zero-order chi connectivity index (χ0) is 14.1. The fourth-order valence-corrected chi connectivity index (χ4v) is 2.90. The number of nitrogens with one attached hydrogen (secondary N) is 1. The quantitative estimate of drug-likeness (QED) is 0.278. The van der Waals surface area contributed by atoms with Gasteiger partial charge < -0.3 is 0 Å². The van der Waals surface area contributed by atoms with E-state index < -0.39 is 47.4 Å². The van der Waals surface area contributed by atoms with Crippen molar-refractivity contribution in [2.75, 3.05) is 5.32 Å². The summed E-state index contributed by atoms with van der Waals surface area (Å²) in [5.41, 5.74) is -0.578. The molecule has 1 atom stereocenters. The zero-order valence-corrected chi connectivity index (χ0v) is 11.1. The van der Waals surface area contributed by atoms with Gasteiger partial charge in [-0.2, -0.15) is 0 Å². The van der Waals surface area contributed by atoms with E-state index in [0.29, 0.717) is 6.07 Å². The standard InChI is InChI=1S/C9H11AsNO7/c1-4(12)11-7-8(14)5(10(16,17)18-2)3-6(13)9(7)15/h3,13-15H,2H2,1H3,(H,11,12)(H,16,17). The Bertz CT molecular complexity index is 542. The van der Waals surface area contributed by atoms with Crippen LogP contribution in [0.1, 0.15) is 6.92 Å². The summed E-state index contributed by atoms with van der Waals surface area (Å²) in [6.07, 6.45) is 0. The van der Waals surface area contributed by atoms with Gasteiger partial charge in [-0.15, -0.1) is 0 Å². The number of rotatable bonds is 3. The summed E-state index contributed by atoms with van der Waals surface area (Å²) < 4.78 is 24.5. The maximum atomic E-state index is 11.6.